The highest BCUT2D eigenvalue weighted by molar-refractivity contribution is 7.09. The van der Waals surface area contributed by atoms with Crippen LogP contribution in [0.25, 0.3) is 17.2 Å². The molecule has 0 saturated heterocycles. The molecule has 0 fully saturated rings. The van der Waals surface area contributed by atoms with Crippen LogP contribution in [0.3, 0.4) is 0 Å². The smallest absolute Gasteiger partial charge is 0.339 e. The molecule has 0 aliphatic carbocycles. The van der Waals surface area contributed by atoms with Gasteiger partial charge in [0.1, 0.15) is 6.61 Å². The van der Waals surface area contributed by atoms with Crippen LogP contribution in [0.2, 0.25) is 0 Å². The van der Waals surface area contributed by atoms with Crippen LogP contribution in [0.1, 0.15) is 21.5 Å². The minimum absolute atomic E-state index is 0.273. The van der Waals surface area contributed by atoms with Crippen LogP contribution in [-0.2, 0) is 11.3 Å². The van der Waals surface area contributed by atoms with E-state index >= 15 is 0 Å². The topological polar surface area (TPSA) is 26.3 Å². The van der Waals surface area contributed by atoms with Gasteiger partial charge in [-0.25, -0.2) is 4.79 Å². The first-order valence-electron chi connectivity index (χ1n) is 6.75. The van der Waals surface area contributed by atoms with Crippen molar-refractivity contribution in [2.45, 2.75) is 6.61 Å². The molecule has 2 nitrogen and oxygen atoms in total. The first-order valence-corrected chi connectivity index (χ1v) is 8.64. The number of carbonyl (C=O) groups is 1. The number of thiophene rings is 2. The monoisotopic (exact) mass is 326 g/mol. The Morgan fingerprint density at radius 3 is 2.59 bits per heavy atom. The third kappa shape index (κ3) is 3.18. The number of carbonyl (C=O) groups excluding carboxylic acids is 1. The zero-order valence-corrected chi connectivity index (χ0v) is 13.5. The maximum Gasteiger partial charge on any atom is 0.339 e. The van der Waals surface area contributed by atoms with Gasteiger partial charge in [0.2, 0.25) is 0 Å². The lowest BCUT2D eigenvalue weighted by Crippen LogP contribution is -2.05. The quantitative estimate of drug-likeness (QED) is 0.581. The molecule has 0 N–H and O–H groups in total. The van der Waals surface area contributed by atoms with Crippen molar-refractivity contribution in [3.63, 3.8) is 0 Å². The first kappa shape index (κ1) is 14.8. The van der Waals surface area contributed by atoms with Gasteiger partial charge in [-0.05, 0) is 38.9 Å². The highest BCUT2D eigenvalue weighted by Gasteiger charge is 2.15. The van der Waals surface area contributed by atoms with Crippen LogP contribution in [0, 0.1) is 0 Å². The Morgan fingerprint density at radius 1 is 1.09 bits per heavy atom. The Hall–Kier alpha value is -2.17. The van der Waals surface area contributed by atoms with Crippen molar-refractivity contribution in [1.29, 1.82) is 0 Å². The highest BCUT2D eigenvalue weighted by atomic mass is 32.1. The molecular weight excluding hydrogens is 312 g/mol. The van der Waals surface area contributed by atoms with Crippen molar-refractivity contribution >= 4 is 34.7 Å². The second kappa shape index (κ2) is 6.73. The molecule has 0 bridgehead atoms. The minimum atomic E-state index is -0.282. The number of benzene rings is 1. The summed E-state index contributed by atoms with van der Waals surface area (Å²) < 4.78 is 5.43. The number of hydrogen-bond donors (Lipinski definition) is 0. The van der Waals surface area contributed by atoms with E-state index < -0.39 is 0 Å². The van der Waals surface area contributed by atoms with Crippen molar-refractivity contribution in [1.82, 2.24) is 0 Å². The molecule has 0 atom stereocenters. The summed E-state index contributed by atoms with van der Waals surface area (Å²) in [6.07, 6.45) is 1.79. The SMILES string of the molecule is C=Cc1ccc(COC(=O)c2cscc2-c2ccsc2)cc1. The summed E-state index contributed by atoms with van der Waals surface area (Å²) in [5.41, 5.74) is 4.65. The van der Waals surface area contributed by atoms with E-state index in [9.17, 15) is 4.79 Å². The molecular formula is C18H14O2S2. The predicted molar refractivity (Wildman–Crippen MR) is 93.3 cm³/mol. The number of esters is 1. The maximum absolute atomic E-state index is 12.3. The molecule has 0 amide bonds. The van der Waals surface area contributed by atoms with E-state index in [0.717, 1.165) is 22.3 Å². The van der Waals surface area contributed by atoms with E-state index in [1.165, 1.54) is 11.3 Å². The van der Waals surface area contributed by atoms with E-state index in [1.807, 2.05) is 51.9 Å². The molecule has 3 aromatic rings. The number of ether oxygens (including phenoxy) is 1. The van der Waals surface area contributed by atoms with Crippen LogP contribution in [0.4, 0.5) is 0 Å². The summed E-state index contributed by atoms with van der Waals surface area (Å²) >= 11 is 3.13. The van der Waals surface area contributed by atoms with Crippen LogP contribution in [0.5, 0.6) is 0 Å². The normalized spacial score (nSPS) is 10.4. The van der Waals surface area contributed by atoms with E-state index in [2.05, 4.69) is 6.58 Å². The lowest BCUT2D eigenvalue weighted by Gasteiger charge is -2.06. The lowest BCUT2D eigenvalue weighted by atomic mass is 10.1. The Balaban J connectivity index is 1.70. The third-order valence-electron chi connectivity index (χ3n) is 3.30. The molecule has 0 aliphatic rings. The van der Waals surface area contributed by atoms with Gasteiger partial charge in [-0.2, -0.15) is 22.7 Å². The van der Waals surface area contributed by atoms with Gasteiger partial charge >= 0.3 is 5.97 Å². The van der Waals surface area contributed by atoms with Gasteiger partial charge in [-0.15, -0.1) is 0 Å². The maximum atomic E-state index is 12.3. The summed E-state index contributed by atoms with van der Waals surface area (Å²) in [6, 6.07) is 9.81. The van der Waals surface area contributed by atoms with Gasteiger partial charge < -0.3 is 4.74 Å². The van der Waals surface area contributed by atoms with Crippen LogP contribution < -0.4 is 0 Å². The van der Waals surface area contributed by atoms with Gasteiger partial charge in [0.25, 0.3) is 0 Å². The number of rotatable bonds is 5. The zero-order chi connectivity index (χ0) is 15.4. The molecule has 0 saturated carbocycles. The van der Waals surface area contributed by atoms with E-state index in [1.54, 1.807) is 17.4 Å². The second-order valence-corrected chi connectivity index (χ2v) is 6.26. The van der Waals surface area contributed by atoms with Gasteiger partial charge in [0, 0.05) is 10.9 Å². The molecule has 3 rings (SSSR count). The summed E-state index contributed by atoms with van der Waals surface area (Å²) in [5, 5.41) is 7.86. The molecule has 110 valence electrons. The molecule has 4 heteroatoms. The standard InChI is InChI=1S/C18H14O2S2/c1-2-13-3-5-14(6-4-13)9-20-18(19)17-12-22-11-16(17)15-7-8-21-10-15/h2-8,10-12H,1,9H2. The van der Waals surface area contributed by atoms with E-state index in [0.29, 0.717) is 5.56 Å². The Bertz CT molecular complexity index is 768. The molecule has 22 heavy (non-hydrogen) atoms. The van der Waals surface area contributed by atoms with Crippen LogP contribution >= 0.6 is 22.7 Å². The molecule has 0 spiro atoms. The predicted octanol–water partition coefficient (Wildman–Crippen LogP) is 5.48. The minimum Gasteiger partial charge on any atom is -0.457 e. The van der Waals surface area contributed by atoms with E-state index in [4.69, 9.17) is 4.74 Å². The summed E-state index contributed by atoms with van der Waals surface area (Å²) in [4.78, 5) is 12.3. The van der Waals surface area contributed by atoms with Crippen molar-refractivity contribution in [2.75, 3.05) is 0 Å². The second-order valence-electron chi connectivity index (χ2n) is 4.73. The lowest BCUT2D eigenvalue weighted by molar-refractivity contribution is 0.0474. The fourth-order valence-corrected chi connectivity index (χ4v) is 3.56. The van der Waals surface area contributed by atoms with E-state index in [-0.39, 0.29) is 12.6 Å². The van der Waals surface area contributed by atoms with Gasteiger partial charge in [0.05, 0.1) is 5.56 Å². The Labute approximate surface area is 137 Å². The Kier molecular flexibility index (Phi) is 4.51. The van der Waals surface area contributed by atoms with Gasteiger partial charge in [0.15, 0.2) is 0 Å². The molecule has 0 aliphatic heterocycles. The van der Waals surface area contributed by atoms with Crippen molar-refractivity contribution < 1.29 is 9.53 Å². The van der Waals surface area contributed by atoms with Crippen molar-refractivity contribution in [3.05, 3.63) is 75.1 Å². The third-order valence-corrected chi connectivity index (χ3v) is 4.73. The molecule has 2 heterocycles. The zero-order valence-electron chi connectivity index (χ0n) is 11.8. The molecule has 1 aromatic carbocycles. The molecule has 2 aromatic heterocycles. The van der Waals surface area contributed by atoms with Gasteiger partial charge in [-0.1, -0.05) is 36.9 Å². The summed E-state index contributed by atoms with van der Waals surface area (Å²) in [6.45, 7) is 3.99. The van der Waals surface area contributed by atoms with Crippen molar-refractivity contribution in [3.8, 4) is 11.1 Å². The first-order chi connectivity index (χ1) is 10.8. The fourth-order valence-electron chi connectivity index (χ4n) is 2.07. The average molecular weight is 326 g/mol. The molecule has 0 radical (unpaired) electrons. The fraction of sp³-hybridized carbons (Fsp3) is 0.0556. The Morgan fingerprint density at radius 2 is 1.91 bits per heavy atom. The summed E-state index contributed by atoms with van der Waals surface area (Å²) in [5.74, 6) is -0.282. The van der Waals surface area contributed by atoms with Crippen molar-refractivity contribution in [2.24, 2.45) is 0 Å². The number of hydrogen-bond acceptors (Lipinski definition) is 4. The summed E-state index contributed by atoms with van der Waals surface area (Å²) in [7, 11) is 0. The highest BCUT2D eigenvalue weighted by Crippen LogP contribution is 2.29. The average Bonchev–Trinajstić information content (AvgIpc) is 3.23. The van der Waals surface area contributed by atoms with Crippen LogP contribution in [0.15, 0.2) is 58.4 Å². The largest absolute Gasteiger partial charge is 0.457 e. The van der Waals surface area contributed by atoms with Crippen LogP contribution in [-0.4, -0.2) is 5.97 Å². The molecule has 0 unspecified atom stereocenters. The van der Waals surface area contributed by atoms with Gasteiger partial charge in [-0.3, -0.25) is 0 Å².